The molecule has 5 rings (SSSR count). The number of nitrogens with zero attached hydrogens (tertiary/aromatic N) is 1. The fourth-order valence-corrected chi connectivity index (χ4v) is 5.84. The molecule has 0 aromatic carbocycles. The third-order valence-corrected chi connectivity index (χ3v) is 6.16. The number of aromatic hydroxyl groups is 1. The van der Waals surface area contributed by atoms with Crippen molar-refractivity contribution in [3.8, 4) is 5.88 Å². The molecule has 4 aliphatic rings. The molecule has 0 unspecified atom stereocenters. The molecule has 4 aliphatic carbocycles. The second-order valence-electron chi connectivity index (χ2n) is 8.24. The summed E-state index contributed by atoms with van der Waals surface area (Å²) in [5.41, 5.74) is -0.131. The van der Waals surface area contributed by atoms with Gasteiger partial charge in [-0.1, -0.05) is 0 Å². The van der Waals surface area contributed by atoms with Gasteiger partial charge in [0, 0.05) is 19.4 Å². The molecule has 4 bridgehead atoms. The number of amides is 1. The molecule has 24 heavy (non-hydrogen) atoms. The van der Waals surface area contributed by atoms with E-state index in [-0.39, 0.29) is 22.8 Å². The first kappa shape index (κ1) is 15.7. The summed E-state index contributed by atoms with van der Waals surface area (Å²) < 4.78 is 0. The molecule has 0 spiro atoms. The predicted molar refractivity (Wildman–Crippen MR) is 88.5 cm³/mol. The summed E-state index contributed by atoms with van der Waals surface area (Å²) in [5.74, 6) is 2.78. The van der Waals surface area contributed by atoms with Crippen molar-refractivity contribution in [2.75, 3.05) is 6.54 Å². The van der Waals surface area contributed by atoms with Crippen molar-refractivity contribution in [1.29, 1.82) is 0 Å². The first-order chi connectivity index (χ1) is 11.5. The second-order valence-corrected chi connectivity index (χ2v) is 8.24. The monoisotopic (exact) mass is 331 g/mol. The van der Waals surface area contributed by atoms with E-state index in [2.05, 4.69) is 15.3 Å². The van der Waals surface area contributed by atoms with Crippen molar-refractivity contribution >= 4 is 5.91 Å². The van der Waals surface area contributed by atoms with Gasteiger partial charge in [-0.05, 0) is 61.7 Å². The third-order valence-electron chi connectivity index (χ3n) is 6.16. The summed E-state index contributed by atoms with van der Waals surface area (Å²) in [6.07, 6.45) is 8.90. The fraction of sp³-hybridized carbons (Fsp3) is 0.722. The molecule has 130 valence electrons. The van der Waals surface area contributed by atoms with Gasteiger partial charge in [0.15, 0.2) is 0 Å². The van der Waals surface area contributed by atoms with Crippen LogP contribution in [0.4, 0.5) is 0 Å². The molecule has 0 saturated heterocycles. The van der Waals surface area contributed by atoms with Crippen LogP contribution in [0.25, 0.3) is 0 Å². The van der Waals surface area contributed by atoms with E-state index in [0.29, 0.717) is 25.2 Å². The summed E-state index contributed by atoms with van der Waals surface area (Å²) >= 11 is 0. The number of hydrogen-bond acceptors (Lipinski definition) is 4. The van der Waals surface area contributed by atoms with Crippen LogP contribution in [0, 0.1) is 23.2 Å². The number of H-pyrrole nitrogens is 1. The Balaban J connectivity index is 1.30. The molecule has 0 aliphatic heterocycles. The van der Waals surface area contributed by atoms with E-state index in [1.807, 2.05) is 0 Å². The molecule has 1 aromatic rings. The van der Waals surface area contributed by atoms with Crippen LogP contribution in [-0.2, 0) is 11.2 Å². The van der Waals surface area contributed by atoms with Crippen molar-refractivity contribution in [2.45, 2.75) is 51.4 Å². The van der Waals surface area contributed by atoms with Crippen molar-refractivity contribution in [3.63, 3.8) is 0 Å². The van der Waals surface area contributed by atoms with Crippen LogP contribution in [0.3, 0.4) is 0 Å². The number of rotatable bonds is 5. The smallest absolute Gasteiger partial charge is 0.254 e. The topological polar surface area (TPSA) is 95.1 Å². The largest absolute Gasteiger partial charge is 0.493 e. The number of aromatic nitrogens is 2. The van der Waals surface area contributed by atoms with Gasteiger partial charge >= 0.3 is 0 Å². The summed E-state index contributed by atoms with van der Waals surface area (Å²) in [5, 5.41) is 12.3. The molecule has 1 amide bonds. The van der Waals surface area contributed by atoms with Gasteiger partial charge in [-0.15, -0.1) is 0 Å². The van der Waals surface area contributed by atoms with Gasteiger partial charge < -0.3 is 15.4 Å². The fourth-order valence-electron chi connectivity index (χ4n) is 5.84. The summed E-state index contributed by atoms with van der Waals surface area (Å²) in [7, 11) is 0. The van der Waals surface area contributed by atoms with Crippen LogP contribution < -0.4 is 10.9 Å². The highest BCUT2D eigenvalue weighted by Gasteiger charge is 2.51. The normalized spacial score (nSPS) is 33.6. The number of carbonyl (C=O) groups is 1. The second kappa shape index (κ2) is 5.90. The molecule has 1 aromatic heterocycles. The molecule has 4 fully saturated rings. The lowest BCUT2D eigenvalue weighted by Crippen LogP contribution is -2.48. The molecule has 6 nitrogen and oxygen atoms in total. The lowest BCUT2D eigenvalue weighted by molar-refractivity contribution is -0.129. The van der Waals surface area contributed by atoms with E-state index in [1.54, 1.807) is 0 Å². The summed E-state index contributed by atoms with van der Waals surface area (Å²) in [4.78, 5) is 30.1. The number of carbonyl (C=O) groups excluding carboxylic acids is 1. The van der Waals surface area contributed by atoms with Crippen LogP contribution >= 0.6 is 0 Å². The van der Waals surface area contributed by atoms with E-state index in [1.165, 1.54) is 38.5 Å². The van der Waals surface area contributed by atoms with Gasteiger partial charge in [0.2, 0.25) is 11.8 Å². The van der Waals surface area contributed by atoms with E-state index in [4.69, 9.17) is 0 Å². The molecule has 4 saturated carbocycles. The molecule has 0 atom stereocenters. The summed E-state index contributed by atoms with van der Waals surface area (Å²) in [6.45, 7) is 0.428. The van der Waals surface area contributed by atoms with Gasteiger partial charge in [0.05, 0.1) is 6.07 Å². The molecule has 0 radical (unpaired) electrons. The zero-order chi connectivity index (χ0) is 16.7. The Kier molecular flexibility index (Phi) is 3.85. The molecule has 3 N–H and O–H groups in total. The summed E-state index contributed by atoms with van der Waals surface area (Å²) in [6, 6.07) is 1.04. The first-order valence-corrected chi connectivity index (χ1v) is 9.06. The Labute approximate surface area is 141 Å². The number of aromatic amines is 1. The molecule has 1 heterocycles. The first-order valence-electron chi connectivity index (χ1n) is 9.06. The van der Waals surface area contributed by atoms with Crippen LogP contribution in [0.15, 0.2) is 10.9 Å². The van der Waals surface area contributed by atoms with Gasteiger partial charge in [0.25, 0.3) is 5.56 Å². The third kappa shape index (κ3) is 3.19. The average molecular weight is 331 g/mol. The molecular formula is C18H25N3O3. The van der Waals surface area contributed by atoms with E-state index >= 15 is 0 Å². The minimum Gasteiger partial charge on any atom is -0.493 e. The Morgan fingerprint density at radius 3 is 2.46 bits per heavy atom. The minimum absolute atomic E-state index is 0.111. The maximum Gasteiger partial charge on any atom is 0.254 e. The SMILES string of the molecule is O=C(CC12CC3CC(CC(C3)C1)C2)NCCc1nc(O)cc(=O)[nH]1. The Morgan fingerprint density at radius 2 is 1.88 bits per heavy atom. The lowest BCUT2D eigenvalue weighted by atomic mass is 9.49. The minimum atomic E-state index is -0.377. The van der Waals surface area contributed by atoms with E-state index in [9.17, 15) is 14.7 Å². The number of nitrogens with one attached hydrogen (secondary N) is 2. The highest BCUT2D eigenvalue weighted by atomic mass is 16.3. The Morgan fingerprint density at radius 1 is 1.25 bits per heavy atom. The van der Waals surface area contributed by atoms with E-state index in [0.717, 1.165) is 23.8 Å². The zero-order valence-electron chi connectivity index (χ0n) is 13.9. The average Bonchev–Trinajstić information content (AvgIpc) is 2.43. The van der Waals surface area contributed by atoms with Crippen LogP contribution in [0.5, 0.6) is 5.88 Å². The number of hydrogen-bond donors (Lipinski definition) is 3. The maximum atomic E-state index is 12.4. The Hall–Kier alpha value is -1.85. The Bertz CT molecular complexity index is 662. The van der Waals surface area contributed by atoms with Crippen molar-refractivity contribution < 1.29 is 9.90 Å². The van der Waals surface area contributed by atoms with Crippen LogP contribution in [0.2, 0.25) is 0 Å². The van der Waals surface area contributed by atoms with Gasteiger partial charge in [-0.3, -0.25) is 9.59 Å². The van der Waals surface area contributed by atoms with Crippen molar-refractivity contribution in [2.24, 2.45) is 23.2 Å². The van der Waals surface area contributed by atoms with Crippen molar-refractivity contribution in [3.05, 3.63) is 22.2 Å². The predicted octanol–water partition coefficient (Wildman–Crippen LogP) is 1.74. The van der Waals surface area contributed by atoms with Gasteiger partial charge in [-0.2, -0.15) is 0 Å². The quantitative estimate of drug-likeness (QED) is 0.766. The van der Waals surface area contributed by atoms with Crippen molar-refractivity contribution in [1.82, 2.24) is 15.3 Å². The maximum absolute atomic E-state index is 12.4. The molecular weight excluding hydrogens is 306 g/mol. The lowest BCUT2D eigenvalue weighted by Gasteiger charge is -2.56. The van der Waals surface area contributed by atoms with Crippen LogP contribution in [-0.4, -0.2) is 27.5 Å². The highest BCUT2D eigenvalue weighted by Crippen LogP contribution is 2.61. The van der Waals surface area contributed by atoms with Gasteiger partial charge in [0.1, 0.15) is 5.82 Å². The van der Waals surface area contributed by atoms with Crippen LogP contribution in [0.1, 0.15) is 50.8 Å². The standard InChI is InChI=1S/C18H25N3O3/c22-15-6-16(23)21-14(20-15)1-2-19-17(24)10-18-7-11-3-12(8-18)5-13(4-11)9-18/h6,11-13H,1-5,7-10H2,(H,19,24)(H2,20,21,22,23). The van der Waals surface area contributed by atoms with Gasteiger partial charge in [-0.25, -0.2) is 4.98 Å². The highest BCUT2D eigenvalue weighted by molar-refractivity contribution is 5.76. The van der Waals surface area contributed by atoms with E-state index < -0.39 is 0 Å². The zero-order valence-corrected chi connectivity index (χ0v) is 13.9. The molecule has 6 heteroatoms.